The van der Waals surface area contributed by atoms with Gasteiger partial charge in [-0.15, -0.1) is 0 Å². The Bertz CT molecular complexity index is 1770. The lowest BCUT2D eigenvalue weighted by atomic mass is 9.86. The fraction of sp³-hybridized carbons (Fsp3) is 0.500. The van der Waals surface area contributed by atoms with Gasteiger partial charge in [0.1, 0.15) is 29.8 Å². The number of esters is 1. The Kier molecular flexibility index (Phi) is 8.51. The minimum Gasteiger partial charge on any atom is -0.444 e. The van der Waals surface area contributed by atoms with Crippen molar-refractivity contribution in [1.82, 2.24) is 24.4 Å². The van der Waals surface area contributed by atoms with Crippen molar-refractivity contribution in [1.29, 1.82) is 5.26 Å². The Morgan fingerprint density at radius 2 is 2.09 bits per heavy atom. The number of hydrogen-bond acceptors (Lipinski definition) is 8. The third-order valence-corrected chi connectivity index (χ3v) is 9.83. The maximum atomic E-state index is 13.4. The molecule has 6 rings (SSSR count). The summed E-state index contributed by atoms with van der Waals surface area (Å²) in [5.41, 5.74) is 4.49. The van der Waals surface area contributed by atoms with E-state index in [0.717, 1.165) is 41.7 Å². The highest BCUT2D eigenvalue weighted by Gasteiger charge is 2.41. The summed E-state index contributed by atoms with van der Waals surface area (Å²) < 4.78 is 14.0. The van der Waals surface area contributed by atoms with Gasteiger partial charge in [0, 0.05) is 37.2 Å². The molecule has 0 aliphatic carbocycles. The number of para-hydroxylation sites is 1. The number of ether oxygens (including phenoxy) is 2. The van der Waals surface area contributed by atoms with Gasteiger partial charge in [-0.1, -0.05) is 39.0 Å². The van der Waals surface area contributed by atoms with Gasteiger partial charge in [0.05, 0.1) is 36.2 Å². The summed E-state index contributed by atoms with van der Waals surface area (Å²) in [6.45, 7) is 8.12. The molecule has 0 spiro atoms. The summed E-state index contributed by atoms with van der Waals surface area (Å²) in [5.74, 6) is 0.590. The van der Waals surface area contributed by atoms with Crippen molar-refractivity contribution in [3.05, 3.63) is 53.6 Å². The third-order valence-electron chi connectivity index (χ3n) is 9.83. The van der Waals surface area contributed by atoms with Crippen LogP contribution in [0.3, 0.4) is 0 Å². The number of benzene rings is 1. The Balaban J connectivity index is 1.18. The number of likely N-dealkylation sites (tertiary alicyclic amines) is 1. The smallest absolute Gasteiger partial charge is 0.310 e. The van der Waals surface area contributed by atoms with Crippen LogP contribution in [-0.4, -0.2) is 69.1 Å². The molecule has 3 aromatic heterocycles. The van der Waals surface area contributed by atoms with Crippen LogP contribution in [0.2, 0.25) is 0 Å². The van der Waals surface area contributed by atoms with Crippen LogP contribution >= 0.6 is 0 Å². The first-order chi connectivity index (χ1) is 21.8. The molecule has 1 amide bonds. The second kappa shape index (κ2) is 12.5. The number of H-pyrrole nitrogens is 1. The molecule has 1 aromatic carbocycles. The number of aromatic nitrogens is 4. The van der Waals surface area contributed by atoms with E-state index >= 15 is 0 Å². The molecule has 0 radical (unpaired) electrons. The number of fused-ring (bicyclic) bond motifs is 4. The molecule has 4 aromatic rings. The molecule has 2 aliphatic heterocycles. The minimum absolute atomic E-state index is 0.0120. The van der Waals surface area contributed by atoms with E-state index in [-0.39, 0.29) is 37.5 Å². The fourth-order valence-electron chi connectivity index (χ4n) is 7.16. The number of aromatic amines is 1. The molecule has 1 N–H and O–H groups in total. The molecule has 1 saturated heterocycles. The van der Waals surface area contributed by atoms with Gasteiger partial charge in [-0.05, 0) is 48.8 Å². The van der Waals surface area contributed by atoms with E-state index in [4.69, 9.17) is 14.7 Å². The van der Waals surface area contributed by atoms with Crippen molar-refractivity contribution in [2.75, 3.05) is 31.6 Å². The first-order valence-electron chi connectivity index (χ1n) is 15.9. The van der Waals surface area contributed by atoms with E-state index in [0.29, 0.717) is 37.7 Å². The molecule has 0 bridgehead atoms. The average molecular weight is 612 g/mol. The van der Waals surface area contributed by atoms with Crippen molar-refractivity contribution in [3.63, 3.8) is 0 Å². The highest BCUT2D eigenvalue weighted by Crippen LogP contribution is 2.42. The zero-order valence-electron chi connectivity index (χ0n) is 26.5. The summed E-state index contributed by atoms with van der Waals surface area (Å²) in [6, 6.07) is 10.3. The average Bonchev–Trinajstić information content (AvgIpc) is 3.66. The number of nitrogens with zero attached hydrogens (tertiary/aromatic N) is 6. The maximum Gasteiger partial charge on any atom is 0.310 e. The predicted octanol–water partition coefficient (Wildman–Crippen LogP) is 4.83. The number of piperidine rings is 1. The van der Waals surface area contributed by atoms with Crippen LogP contribution in [0.1, 0.15) is 63.3 Å². The molecule has 11 nitrogen and oxygen atoms in total. The number of aryl methyl sites for hydroxylation is 1. The largest absolute Gasteiger partial charge is 0.444 e. The van der Waals surface area contributed by atoms with Gasteiger partial charge >= 0.3 is 5.97 Å². The van der Waals surface area contributed by atoms with Crippen molar-refractivity contribution in [2.24, 2.45) is 5.92 Å². The molecular weight excluding hydrogens is 570 g/mol. The lowest BCUT2D eigenvalue weighted by Crippen LogP contribution is -2.52. The van der Waals surface area contributed by atoms with Gasteiger partial charge in [-0.25, -0.2) is 9.97 Å². The van der Waals surface area contributed by atoms with Crippen LogP contribution in [0.5, 0.6) is 0 Å². The van der Waals surface area contributed by atoms with Crippen molar-refractivity contribution in [2.45, 2.75) is 77.7 Å². The number of nitrogens with one attached hydrogen (secondary N) is 1. The molecular formula is C34H41N7O4. The molecule has 0 saturated carbocycles. The van der Waals surface area contributed by atoms with Crippen LogP contribution in [-0.2, 0) is 44.2 Å². The SMILES string of the molecule is CCc1cccc2c3c([nH]c12)C(CC)(CC(=O)OCn1ccc2c(N(C)[C@H]4CN(C(=O)CC#N)CC[C@H]4C)ncnc21)OCC3. The number of amides is 1. The first-order valence-corrected chi connectivity index (χ1v) is 15.9. The number of nitriles is 1. The highest BCUT2D eigenvalue weighted by molar-refractivity contribution is 5.89. The number of carbonyl (C=O) groups excluding carboxylic acids is 2. The number of hydrogen-bond donors (Lipinski definition) is 1. The van der Waals surface area contributed by atoms with Crippen LogP contribution < -0.4 is 4.90 Å². The van der Waals surface area contributed by atoms with E-state index in [1.54, 1.807) is 4.90 Å². The van der Waals surface area contributed by atoms with E-state index < -0.39 is 5.60 Å². The lowest BCUT2D eigenvalue weighted by Gasteiger charge is -2.42. The number of carbonyl (C=O) groups is 2. The van der Waals surface area contributed by atoms with Crippen molar-refractivity contribution in [3.8, 4) is 6.07 Å². The van der Waals surface area contributed by atoms with Gasteiger partial charge in [0.2, 0.25) is 5.91 Å². The Hall–Kier alpha value is -4.43. The molecule has 5 heterocycles. The molecule has 45 heavy (non-hydrogen) atoms. The monoisotopic (exact) mass is 611 g/mol. The summed E-state index contributed by atoms with van der Waals surface area (Å²) in [5, 5.41) is 11.0. The summed E-state index contributed by atoms with van der Waals surface area (Å²) in [6.07, 6.45) is 6.57. The van der Waals surface area contributed by atoms with Crippen LogP contribution in [0.15, 0.2) is 36.8 Å². The van der Waals surface area contributed by atoms with Gasteiger partial charge in [-0.2, -0.15) is 5.26 Å². The normalized spacial score (nSPS) is 21.4. The Morgan fingerprint density at radius 1 is 1.24 bits per heavy atom. The molecule has 3 atom stereocenters. The fourth-order valence-corrected chi connectivity index (χ4v) is 7.16. The summed E-state index contributed by atoms with van der Waals surface area (Å²) in [7, 11) is 1.98. The van der Waals surface area contributed by atoms with Crippen molar-refractivity contribution >= 4 is 39.6 Å². The zero-order valence-corrected chi connectivity index (χ0v) is 26.5. The van der Waals surface area contributed by atoms with E-state index in [1.165, 1.54) is 22.8 Å². The summed E-state index contributed by atoms with van der Waals surface area (Å²) >= 11 is 0. The van der Waals surface area contributed by atoms with E-state index in [1.807, 2.05) is 29.9 Å². The van der Waals surface area contributed by atoms with Crippen LogP contribution in [0.4, 0.5) is 5.82 Å². The van der Waals surface area contributed by atoms with Crippen molar-refractivity contribution < 1.29 is 19.1 Å². The number of likely N-dealkylation sites (N-methyl/N-ethyl adjacent to an activating group) is 1. The highest BCUT2D eigenvalue weighted by atomic mass is 16.5. The minimum atomic E-state index is -0.773. The standard InChI is InChI=1S/C34H41N7O4/c1-5-23-8-7-9-24-25-13-17-45-34(6-2,31(25)38-30(23)24)18-29(43)44-21-41-16-12-26-32(36-20-37-33(26)41)39(4)27-19-40(15-11-22(27)3)28(42)10-14-35/h7-9,12,16,20,22,27,38H,5-6,10-11,13,15,17-19,21H2,1-4H3/t22-,27+,34?/m1/s1. The Morgan fingerprint density at radius 3 is 2.87 bits per heavy atom. The lowest BCUT2D eigenvalue weighted by molar-refractivity contribution is -0.158. The molecule has 1 fully saturated rings. The molecule has 1 unspecified atom stereocenters. The molecule has 11 heteroatoms. The van der Waals surface area contributed by atoms with Crippen LogP contribution in [0.25, 0.3) is 21.9 Å². The maximum absolute atomic E-state index is 13.4. The summed E-state index contributed by atoms with van der Waals surface area (Å²) in [4.78, 5) is 42.5. The Labute approximate surface area is 263 Å². The predicted molar refractivity (Wildman–Crippen MR) is 170 cm³/mol. The molecule has 2 aliphatic rings. The number of rotatable bonds is 9. The topological polar surface area (TPSA) is 129 Å². The zero-order chi connectivity index (χ0) is 31.7. The van der Waals surface area contributed by atoms with Gasteiger partial charge < -0.3 is 24.3 Å². The van der Waals surface area contributed by atoms with Crippen LogP contribution in [0, 0.1) is 17.2 Å². The van der Waals surface area contributed by atoms with Gasteiger partial charge in [0.15, 0.2) is 6.73 Å². The quantitative estimate of drug-likeness (QED) is 0.267. The van der Waals surface area contributed by atoms with E-state index in [2.05, 4.69) is 58.8 Å². The molecule has 236 valence electrons. The third kappa shape index (κ3) is 5.52. The van der Waals surface area contributed by atoms with Gasteiger partial charge in [-0.3, -0.25) is 14.2 Å². The van der Waals surface area contributed by atoms with Gasteiger partial charge in [0.25, 0.3) is 0 Å². The first kappa shape index (κ1) is 30.6. The van der Waals surface area contributed by atoms with E-state index in [9.17, 15) is 9.59 Å². The number of anilines is 1. The second-order valence-corrected chi connectivity index (χ2v) is 12.3. The second-order valence-electron chi connectivity index (χ2n) is 12.3.